The van der Waals surface area contributed by atoms with Gasteiger partial charge in [-0.05, 0) is 23.6 Å². The van der Waals surface area contributed by atoms with E-state index in [2.05, 4.69) is 35.5 Å². The van der Waals surface area contributed by atoms with Crippen LogP contribution in [0.5, 0.6) is 0 Å². The molecule has 0 saturated carbocycles. The summed E-state index contributed by atoms with van der Waals surface area (Å²) in [5.74, 6) is 0.617. The Balaban J connectivity index is 1.84. The molecular weight excluding hydrogens is 272 g/mol. The molecule has 0 amide bonds. The lowest BCUT2D eigenvalue weighted by Gasteiger charge is -2.07. The number of hydrogen-bond donors (Lipinski definition) is 0. The smallest absolute Gasteiger partial charge is 0.245 e. The van der Waals surface area contributed by atoms with E-state index in [4.69, 9.17) is 16.3 Å². The summed E-state index contributed by atoms with van der Waals surface area (Å²) < 4.78 is 9.87. The molecule has 0 aliphatic rings. The minimum absolute atomic E-state index is 0.609. The van der Waals surface area contributed by atoms with E-state index < -0.39 is 0 Å². The molecule has 2 rings (SSSR count). The van der Waals surface area contributed by atoms with E-state index in [1.807, 2.05) is 30.5 Å². The molecule has 4 heteroatoms. The van der Waals surface area contributed by atoms with Gasteiger partial charge in [-0.1, -0.05) is 44.0 Å². The Morgan fingerprint density at radius 3 is 2.75 bits per heavy atom. The van der Waals surface area contributed by atoms with Crippen LogP contribution in [0.2, 0.25) is 5.02 Å². The van der Waals surface area contributed by atoms with Gasteiger partial charge in [0.15, 0.2) is 6.73 Å². The van der Waals surface area contributed by atoms with Gasteiger partial charge in [-0.25, -0.2) is 9.13 Å². The van der Waals surface area contributed by atoms with Gasteiger partial charge in [0.1, 0.15) is 18.9 Å². The Bertz CT molecular complexity index is 522. The number of rotatable bonds is 7. The monoisotopic (exact) mass is 293 g/mol. The van der Waals surface area contributed by atoms with Crippen LogP contribution in [-0.2, 0) is 18.0 Å². The van der Waals surface area contributed by atoms with Crippen LogP contribution in [0.25, 0.3) is 0 Å². The van der Waals surface area contributed by atoms with E-state index >= 15 is 0 Å². The van der Waals surface area contributed by atoms with Crippen molar-refractivity contribution in [1.82, 2.24) is 4.57 Å². The second-order valence-corrected chi connectivity index (χ2v) is 5.68. The molecule has 0 aliphatic carbocycles. The van der Waals surface area contributed by atoms with Crippen molar-refractivity contribution in [2.75, 3.05) is 6.61 Å². The van der Waals surface area contributed by atoms with E-state index in [9.17, 15) is 0 Å². The van der Waals surface area contributed by atoms with E-state index in [1.165, 1.54) is 5.56 Å². The van der Waals surface area contributed by atoms with Crippen molar-refractivity contribution in [2.24, 2.45) is 5.92 Å². The first-order chi connectivity index (χ1) is 9.67. The maximum Gasteiger partial charge on any atom is 0.245 e. The van der Waals surface area contributed by atoms with Gasteiger partial charge in [-0.3, -0.25) is 0 Å². The van der Waals surface area contributed by atoms with Gasteiger partial charge in [0.25, 0.3) is 0 Å². The predicted molar refractivity (Wildman–Crippen MR) is 80.6 cm³/mol. The first kappa shape index (κ1) is 15.1. The van der Waals surface area contributed by atoms with Gasteiger partial charge in [0.05, 0.1) is 6.61 Å². The number of aromatic nitrogens is 2. The highest BCUT2D eigenvalue weighted by Crippen LogP contribution is 2.09. The zero-order chi connectivity index (χ0) is 14.4. The third-order valence-corrected chi connectivity index (χ3v) is 3.62. The van der Waals surface area contributed by atoms with Crippen molar-refractivity contribution in [2.45, 2.75) is 33.5 Å². The van der Waals surface area contributed by atoms with Gasteiger partial charge >= 0.3 is 0 Å². The molecule has 0 radical (unpaired) electrons. The number of hydrogen-bond acceptors (Lipinski definition) is 1. The van der Waals surface area contributed by atoms with E-state index in [0.29, 0.717) is 12.6 Å². The molecule has 3 nitrogen and oxygen atoms in total. The Labute approximate surface area is 125 Å². The van der Waals surface area contributed by atoms with Gasteiger partial charge in [0.2, 0.25) is 6.33 Å². The molecule has 0 aliphatic heterocycles. The number of imidazole rings is 1. The van der Waals surface area contributed by atoms with Crippen LogP contribution < -0.4 is 4.57 Å². The zero-order valence-electron chi connectivity index (χ0n) is 12.1. The van der Waals surface area contributed by atoms with Crippen LogP contribution in [0, 0.1) is 5.92 Å². The molecule has 1 aromatic heterocycles. The summed E-state index contributed by atoms with van der Waals surface area (Å²) in [6.07, 6.45) is 7.31. The molecule has 108 valence electrons. The summed E-state index contributed by atoms with van der Waals surface area (Å²) >= 11 is 5.89. The van der Waals surface area contributed by atoms with Crippen molar-refractivity contribution in [3.8, 4) is 0 Å². The number of nitrogens with zero attached hydrogens (tertiary/aromatic N) is 2. The second-order valence-electron chi connectivity index (χ2n) is 5.24. The fraction of sp³-hybridized carbons (Fsp3) is 0.438. The first-order valence-corrected chi connectivity index (χ1v) is 7.42. The molecule has 0 spiro atoms. The zero-order valence-corrected chi connectivity index (χ0v) is 12.9. The van der Waals surface area contributed by atoms with Crippen LogP contribution in [0.1, 0.15) is 25.8 Å². The third kappa shape index (κ3) is 4.66. The Hall–Kier alpha value is -1.32. The van der Waals surface area contributed by atoms with Crippen LogP contribution in [0.3, 0.4) is 0 Å². The van der Waals surface area contributed by atoms with Crippen molar-refractivity contribution in [3.63, 3.8) is 0 Å². The normalized spacial score (nSPS) is 12.6. The summed E-state index contributed by atoms with van der Waals surface area (Å²) in [5, 5.41) is 0.773. The maximum atomic E-state index is 5.89. The average molecular weight is 294 g/mol. The highest BCUT2D eigenvalue weighted by atomic mass is 35.5. The summed E-state index contributed by atoms with van der Waals surface area (Å²) in [5.41, 5.74) is 1.23. The third-order valence-electron chi connectivity index (χ3n) is 3.36. The summed E-state index contributed by atoms with van der Waals surface area (Å²) in [6.45, 7) is 6.65. The fourth-order valence-corrected chi connectivity index (χ4v) is 2.01. The lowest BCUT2D eigenvalue weighted by Crippen LogP contribution is -2.31. The average Bonchev–Trinajstić information content (AvgIpc) is 2.89. The van der Waals surface area contributed by atoms with Crippen LogP contribution >= 0.6 is 11.6 Å². The van der Waals surface area contributed by atoms with E-state index in [1.54, 1.807) is 0 Å². The lowest BCUT2D eigenvalue weighted by atomic mass is 10.1. The minimum Gasteiger partial charge on any atom is -0.341 e. The van der Waals surface area contributed by atoms with Gasteiger partial charge in [-0.15, -0.1) is 0 Å². The van der Waals surface area contributed by atoms with Gasteiger partial charge < -0.3 is 4.74 Å². The highest BCUT2D eigenvalue weighted by Gasteiger charge is 2.06. The van der Waals surface area contributed by atoms with Gasteiger partial charge in [0, 0.05) is 5.02 Å². The molecule has 2 aromatic rings. The van der Waals surface area contributed by atoms with Crippen LogP contribution in [0.15, 0.2) is 43.0 Å². The molecule has 0 N–H and O–H groups in total. The minimum atomic E-state index is 0.609. The Kier molecular flexibility index (Phi) is 5.62. The first-order valence-electron chi connectivity index (χ1n) is 7.04. The number of benzene rings is 1. The van der Waals surface area contributed by atoms with E-state index in [-0.39, 0.29) is 0 Å². The Morgan fingerprint density at radius 1 is 1.30 bits per heavy atom. The molecule has 0 saturated heterocycles. The summed E-state index contributed by atoms with van der Waals surface area (Å²) in [7, 11) is 0. The molecular formula is C16H22ClN2O+. The largest absolute Gasteiger partial charge is 0.341 e. The van der Waals surface area contributed by atoms with Crippen molar-refractivity contribution in [3.05, 3.63) is 53.6 Å². The topological polar surface area (TPSA) is 18.0 Å². The second kappa shape index (κ2) is 7.46. The lowest BCUT2D eigenvalue weighted by molar-refractivity contribution is -0.688. The molecule has 20 heavy (non-hydrogen) atoms. The molecule has 0 unspecified atom stereocenters. The summed E-state index contributed by atoms with van der Waals surface area (Å²) in [4.78, 5) is 0. The van der Waals surface area contributed by atoms with Crippen molar-refractivity contribution in [1.29, 1.82) is 0 Å². The quantitative estimate of drug-likeness (QED) is 0.715. The molecule has 1 heterocycles. The number of ether oxygens (including phenoxy) is 1. The SMILES string of the molecule is CC[C@@H](C)COCn1cc[n+](Cc2ccc(Cl)cc2)c1. The molecule has 1 aromatic carbocycles. The van der Waals surface area contributed by atoms with Crippen molar-refractivity contribution < 1.29 is 9.30 Å². The molecule has 0 bridgehead atoms. The van der Waals surface area contributed by atoms with E-state index in [0.717, 1.165) is 24.6 Å². The van der Waals surface area contributed by atoms with Gasteiger partial charge in [-0.2, -0.15) is 0 Å². The standard InChI is InChI=1S/C16H22ClN2O/c1-3-14(2)11-20-13-19-9-8-18(12-19)10-15-4-6-16(17)7-5-15/h4-9,12,14H,3,10-11,13H2,1-2H3/q+1/t14-/m1/s1. The fourth-order valence-electron chi connectivity index (χ4n) is 1.89. The Morgan fingerprint density at radius 2 is 2.05 bits per heavy atom. The molecule has 0 fully saturated rings. The number of halogens is 1. The van der Waals surface area contributed by atoms with Crippen molar-refractivity contribution >= 4 is 11.6 Å². The highest BCUT2D eigenvalue weighted by molar-refractivity contribution is 6.30. The van der Waals surface area contributed by atoms with Crippen LogP contribution in [0.4, 0.5) is 0 Å². The molecule has 1 atom stereocenters. The summed E-state index contributed by atoms with van der Waals surface area (Å²) in [6, 6.07) is 7.94. The predicted octanol–water partition coefficient (Wildman–Crippen LogP) is 3.50. The maximum absolute atomic E-state index is 5.89. The van der Waals surface area contributed by atoms with Crippen LogP contribution in [-0.4, -0.2) is 11.2 Å².